The second-order valence-electron chi connectivity index (χ2n) is 3.66. The molecule has 0 aromatic rings. The molecule has 0 saturated heterocycles. The molecule has 90 valence electrons. The van der Waals surface area contributed by atoms with E-state index in [2.05, 4.69) is 5.32 Å². The van der Waals surface area contributed by atoms with Crippen LogP contribution in [0.1, 0.15) is 19.8 Å². The van der Waals surface area contributed by atoms with Crippen LogP contribution < -0.4 is 11.1 Å². The van der Waals surface area contributed by atoms with E-state index in [1.807, 2.05) is 0 Å². The molecule has 0 aromatic heterocycles. The third-order valence-corrected chi connectivity index (χ3v) is 2.48. The Kier molecular flexibility index (Phi) is 7.29. The predicted molar refractivity (Wildman–Crippen MR) is 58.6 cm³/mol. The van der Waals surface area contributed by atoms with Crippen LogP contribution in [0.15, 0.2) is 0 Å². The molecule has 5 heteroatoms. The first-order valence-corrected chi connectivity index (χ1v) is 5.12. The Morgan fingerprint density at radius 1 is 1.40 bits per heavy atom. The number of primary amides is 1. The van der Waals surface area contributed by atoms with Crippen molar-refractivity contribution >= 4 is 5.91 Å². The van der Waals surface area contributed by atoms with Crippen molar-refractivity contribution in [3.63, 3.8) is 0 Å². The van der Waals surface area contributed by atoms with E-state index in [1.165, 1.54) is 0 Å². The van der Waals surface area contributed by atoms with Gasteiger partial charge in [-0.25, -0.2) is 0 Å². The largest absolute Gasteiger partial charge is 0.385 e. The molecule has 0 bridgehead atoms. The third kappa shape index (κ3) is 5.71. The van der Waals surface area contributed by atoms with Gasteiger partial charge in [0.15, 0.2) is 0 Å². The van der Waals surface area contributed by atoms with Crippen molar-refractivity contribution in [2.45, 2.75) is 25.3 Å². The van der Waals surface area contributed by atoms with Gasteiger partial charge in [0.05, 0.1) is 5.54 Å². The van der Waals surface area contributed by atoms with Gasteiger partial charge in [-0.1, -0.05) is 0 Å². The van der Waals surface area contributed by atoms with Gasteiger partial charge in [-0.3, -0.25) is 4.79 Å². The lowest BCUT2D eigenvalue weighted by molar-refractivity contribution is -0.124. The zero-order valence-electron chi connectivity index (χ0n) is 9.84. The number of methoxy groups -OCH3 is 1. The SMILES string of the molecule is CNC(C)(CCOCCCOC)C(N)=O. The highest BCUT2D eigenvalue weighted by Crippen LogP contribution is 2.07. The number of hydrogen-bond acceptors (Lipinski definition) is 4. The number of nitrogens with two attached hydrogens (primary N) is 1. The molecular weight excluding hydrogens is 196 g/mol. The van der Waals surface area contributed by atoms with Crippen molar-refractivity contribution in [3.8, 4) is 0 Å². The van der Waals surface area contributed by atoms with Crippen LogP contribution in [-0.4, -0.2) is 45.4 Å². The van der Waals surface area contributed by atoms with Crippen molar-refractivity contribution in [2.24, 2.45) is 5.73 Å². The molecule has 15 heavy (non-hydrogen) atoms. The number of likely N-dealkylation sites (N-methyl/N-ethyl adjacent to an activating group) is 1. The van der Waals surface area contributed by atoms with E-state index in [0.717, 1.165) is 6.42 Å². The molecule has 0 fully saturated rings. The van der Waals surface area contributed by atoms with Crippen molar-refractivity contribution in [1.82, 2.24) is 5.32 Å². The van der Waals surface area contributed by atoms with E-state index in [4.69, 9.17) is 15.2 Å². The highest BCUT2D eigenvalue weighted by atomic mass is 16.5. The van der Waals surface area contributed by atoms with Gasteiger partial charge < -0.3 is 20.5 Å². The van der Waals surface area contributed by atoms with Crippen molar-refractivity contribution in [1.29, 1.82) is 0 Å². The fourth-order valence-corrected chi connectivity index (χ4v) is 1.06. The first-order valence-electron chi connectivity index (χ1n) is 5.12. The number of carbonyl (C=O) groups excluding carboxylic acids is 1. The van der Waals surface area contributed by atoms with Gasteiger partial charge in [-0.05, 0) is 26.8 Å². The number of rotatable bonds is 9. The zero-order chi connectivity index (χ0) is 11.7. The Morgan fingerprint density at radius 2 is 2.07 bits per heavy atom. The lowest BCUT2D eigenvalue weighted by Crippen LogP contribution is -2.52. The fraction of sp³-hybridized carbons (Fsp3) is 0.900. The first-order chi connectivity index (χ1) is 7.06. The summed E-state index contributed by atoms with van der Waals surface area (Å²) in [5, 5.41) is 2.90. The maximum Gasteiger partial charge on any atom is 0.237 e. The van der Waals surface area contributed by atoms with E-state index in [0.29, 0.717) is 26.2 Å². The van der Waals surface area contributed by atoms with E-state index in [9.17, 15) is 4.79 Å². The summed E-state index contributed by atoms with van der Waals surface area (Å²) in [4.78, 5) is 11.1. The Labute approximate surface area is 91.3 Å². The van der Waals surface area contributed by atoms with Crippen LogP contribution >= 0.6 is 0 Å². The lowest BCUT2D eigenvalue weighted by atomic mass is 9.98. The van der Waals surface area contributed by atoms with Crippen LogP contribution in [-0.2, 0) is 14.3 Å². The molecule has 5 nitrogen and oxygen atoms in total. The molecule has 1 unspecified atom stereocenters. The number of hydrogen-bond donors (Lipinski definition) is 2. The molecule has 0 saturated carbocycles. The minimum absolute atomic E-state index is 0.356. The number of nitrogens with one attached hydrogen (secondary N) is 1. The zero-order valence-corrected chi connectivity index (χ0v) is 9.84. The molecule has 0 rings (SSSR count). The summed E-state index contributed by atoms with van der Waals surface area (Å²) in [5.41, 5.74) is 4.59. The van der Waals surface area contributed by atoms with Gasteiger partial charge in [0.25, 0.3) is 0 Å². The maximum atomic E-state index is 11.1. The van der Waals surface area contributed by atoms with Crippen LogP contribution in [0.25, 0.3) is 0 Å². The summed E-state index contributed by atoms with van der Waals surface area (Å²) in [5.74, 6) is -0.356. The summed E-state index contributed by atoms with van der Waals surface area (Å²) in [7, 11) is 3.38. The Bertz CT molecular complexity index is 188. The Hall–Kier alpha value is -0.650. The average molecular weight is 218 g/mol. The standard InChI is InChI=1S/C10H22N2O3/c1-10(12-2,9(11)13)5-8-15-7-4-6-14-3/h12H,4-8H2,1-3H3,(H2,11,13). The summed E-state index contributed by atoms with van der Waals surface area (Å²) >= 11 is 0. The molecular formula is C10H22N2O3. The summed E-state index contributed by atoms with van der Waals surface area (Å²) < 4.78 is 10.2. The Morgan fingerprint density at radius 3 is 2.53 bits per heavy atom. The third-order valence-electron chi connectivity index (χ3n) is 2.48. The van der Waals surface area contributed by atoms with Crippen LogP contribution in [0.5, 0.6) is 0 Å². The summed E-state index contributed by atoms with van der Waals surface area (Å²) in [6.07, 6.45) is 1.44. The normalized spacial score (nSPS) is 14.9. The Balaban J connectivity index is 3.60. The first kappa shape index (κ1) is 14.3. The second-order valence-corrected chi connectivity index (χ2v) is 3.66. The lowest BCUT2D eigenvalue weighted by Gasteiger charge is -2.25. The van der Waals surface area contributed by atoms with Gasteiger partial charge in [0, 0.05) is 26.9 Å². The van der Waals surface area contributed by atoms with Crippen LogP contribution in [0.3, 0.4) is 0 Å². The van der Waals surface area contributed by atoms with Gasteiger partial charge in [0.2, 0.25) is 5.91 Å². The van der Waals surface area contributed by atoms with Gasteiger partial charge in [-0.2, -0.15) is 0 Å². The van der Waals surface area contributed by atoms with E-state index in [1.54, 1.807) is 21.1 Å². The van der Waals surface area contributed by atoms with E-state index < -0.39 is 5.54 Å². The topological polar surface area (TPSA) is 73.6 Å². The van der Waals surface area contributed by atoms with E-state index >= 15 is 0 Å². The predicted octanol–water partition coefficient (Wildman–Crippen LogP) is -0.107. The van der Waals surface area contributed by atoms with Crippen molar-refractivity contribution < 1.29 is 14.3 Å². The van der Waals surface area contributed by atoms with E-state index in [-0.39, 0.29) is 5.91 Å². The molecule has 0 aliphatic heterocycles. The quantitative estimate of drug-likeness (QED) is 0.530. The number of ether oxygens (including phenoxy) is 2. The maximum absolute atomic E-state index is 11.1. The van der Waals surface area contributed by atoms with Gasteiger partial charge >= 0.3 is 0 Å². The van der Waals surface area contributed by atoms with Crippen LogP contribution in [0.4, 0.5) is 0 Å². The highest BCUT2D eigenvalue weighted by Gasteiger charge is 2.28. The number of amides is 1. The van der Waals surface area contributed by atoms with Gasteiger partial charge in [-0.15, -0.1) is 0 Å². The van der Waals surface area contributed by atoms with Gasteiger partial charge in [0.1, 0.15) is 0 Å². The van der Waals surface area contributed by atoms with Crippen LogP contribution in [0, 0.1) is 0 Å². The number of carbonyl (C=O) groups is 1. The molecule has 0 aliphatic rings. The minimum atomic E-state index is -0.679. The molecule has 0 aromatic carbocycles. The molecule has 1 atom stereocenters. The molecule has 0 aliphatic carbocycles. The second kappa shape index (κ2) is 7.62. The molecule has 3 N–H and O–H groups in total. The average Bonchev–Trinajstić information content (AvgIpc) is 2.22. The summed E-state index contributed by atoms with van der Waals surface area (Å²) in [6, 6.07) is 0. The summed E-state index contributed by atoms with van der Waals surface area (Å²) in [6.45, 7) is 3.63. The molecule has 0 heterocycles. The van der Waals surface area contributed by atoms with Crippen LogP contribution in [0.2, 0.25) is 0 Å². The monoisotopic (exact) mass is 218 g/mol. The minimum Gasteiger partial charge on any atom is -0.385 e. The molecule has 0 radical (unpaired) electrons. The molecule has 0 spiro atoms. The molecule has 1 amide bonds. The smallest absolute Gasteiger partial charge is 0.237 e. The van der Waals surface area contributed by atoms with Crippen molar-refractivity contribution in [3.05, 3.63) is 0 Å². The van der Waals surface area contributed by atoms with Crippen molar-refractivity contribution in [2.75, 3.05) is 34.0 Å². The fourth-order valence-electron chi connectivity index (χ4n) is 1.06. The highest BCUT2D eigenvalue weighted by molar-refractivity contribution is 5.84.